The van der Waals surface area contributed by atoms with E-state index in [0.717, 1.165) is 5.69 Å². The van der Waals surface area contributed by atoms with Crippen LogP contribution in [0.15, 0.2) is 63.2 Å². The summed E-state index contributed by atoms with van der Waals surface area (Å²) in [5.74, 6) is 1.14. The van der Waals surface area contributed by atoms with Crippen LogP contribution in [-0.2, 0) is 11.3 Å². The molecule has 1 atom stereocenters. The fourth-order valence-electron chi connectivity index (χ4n) is 3.46. The number of hydrogen-bond acceptors (Lipinski definition) is 6. The van der Waals surface area contributed by atoms with Gasteiger partial charge in [-0.15, -0.1) is 0 Å². The van der Waals surface area contributed by atoms with Crippen molar-refractivity contribution >= 4 is 40.3 Å². The zero-order chi connectivity index (χ0) is 20.7. The topological polar surface area (TPSA) is 95.0 Å². The van der Waals surface area contributed by atoms with E-state index in [2.05, 4.69) is 15.4 Å². The minimum absolute atomic E-state index is 0.147. The second kappa shape index (κ2) is 7.66. The molecule has 0 aliphatic carbocycles. The Morgan fingerprint density at radius 2 is 2.23 bits per heavy atom. The zero-order valence-electron chi connectivity index (χ0n) is 15.6. The van der Waals surface area contributed by atoms with Gasteiger partial charge in [0.05, 0.1) is 30.7 Å². The Morgan fingerprint density at radius 1 is 1.33 bits per heavy atom. The van der Waals surface area contributed by atoms with Crippen LogP contribution in [0.1, 0.15) is 18.2 Å². The van der Waals surface area contributed by atoms with Crippen LogP contribution in [0.2, 0.25) is 5.02 Å². The van der Waals surface area contributed by atoms with Gasteiger partial charge in [-0.2, -0.15) is 5.10 Å². The van der Waals surface area contributed by atoms with Crippen molar-refractivity contribution in [2.45, 2.75) is 24.2 Å². The van der Waals surface area contributed by atoms with E-state index in [4.69, 9.17) is 16.0 Å². The van der Waals surface area contributed by atoms with E-state index in [1.165, 1.54) is 18.0 Å². The normalized spacial score (nSPS) is 15.4. The molecule has 30 heavy (non-hydrogen) atoms. The van der Waals surface area contributed by atoms with Crippen LogP contribution in [0.3, 0.4) is 0 Å². The average molecular weight is 442 g/mol. The van der Waals surface area contributed by atoms with Crippen LogP contribution in [0, 0.1) is 0 Å². The molecule has 0 spiro atoms. The van der Waals surface area contributed by atoms with Gasteiger partial charge in [-0.25, -0.2) is 9.67 Å². The molecule has 0 radical (unpaired) electrons. The molecule has 4 aromatic rings. The molecule has 0 unspecified atom stereocenters. The molecule has 5 rings (SSSR count). The summed E-state index contributed by atoms with van der Waals surface area (Å²) in [5, 5.41) is 8.72. The van der Waals surface area contributed by atoms with E-state index in [0.29, 0.717) is 39.3 Å². The van der Waals surface area contributed by atoms with Crippen molar-refractivity contribution in [3.8, 4) is 5.69 Å². The molecule has 10 heteroatoms. The monoisotopic (exact) mass is 441 g/mol. The molecular formula is C20H16ClN5O3S. The van der Waals surface area contributed by atoms with E-state index in [-0.39, 0.29) is 23.9 Å². The number of amides is 1. The summed E-state index contributed by atoms with van der Waals surface area (Å²) in [4.78, 5) is 30.2. The average Bonchev–Trinajstić information content (AvgIpc) is 3.47. The Hall–Kier alpha value is -3.04. The number of halogens is 1. The van der Waals surface area contributed by atoms with E-state index >= 15 is 0 Å². The number of furan rings is 1. The highest BCUT2D eigenvalue weighted by atomic mass is 35.5. The lowest BCUT2D eigenvalue weighted by atomic mass is 10.2. The summed E-state index contributed by atoms with van der Waals surface area (Å²) in [5.41, 5.74) is 1.01. The first-order valence-electron chi connectivity index (χ1n) is 9.28. The van der Waals surface area contributed by atoms with Crippen molar-refractivity contribution in [3.63, 3.8) is 0 Å². The quantitative estimate of drug-likeness (QED) is 0.478. The third-order valence-electron chi connectivity index (χ3n) is 4.88. The lowest BCUT2D eigenvalue weighted by Gasteiger charge is -2.13. The fraction of sp³-hybridized carbons (Fsp3) is 0.200. The van der Waals surface area contributed by atoms with Crippen LogP contribution >= 0.6 is 23.4 Å². The molecule has 1 aliphatic rings. The van der Waals surface area contributed by atoms with Crippen LogP contribution in [0.4, 0.5) is 0 Å². The highest BCUT2D eigenvalue weighted by Gasteiger charge is 2.29. The predicted molar refractivity (Wildman–Crippen MR) is 113 cm³/mol. The van der Waals surface area contributed by atoms with Crippen LogP contribution in [-0.4, -0.2) is 31.0 Å². The fourth-order valence-corrected chi connectivity index (χ4v) is 4.78. The van der Waals surface area contributed by atoms with Gasteiger partial charge in [0.1, 0.15) is 11.1 Å². The number of nitrogens with one attached hydrogen (secondary N) is 1. The van der Waals surface area contributed by atoms with Crippen LogP contribution in [0.5, 0.6) is 0 Å². The second-order valence-corrected chi connectivity index (χ2v) is 8.29. The summed E-state index contributed by atoms with van der Waals surface area (Å²) >= 11 is 7.55. The maximum Gasteiger partial charge on any atom is 0.265 e. The molecule has 1 N–H and O–H groups in total. The summed E-state index contributed by atoms with van der Waals surface area (Å²) in [6.45, 7) is 0.317. The van der Waals surface area contributed by atoms with Crippen molar-refractivity contribution in [3.05, 3.63) is 70.0 Å². The van der Waals surface area contributed by atoms with Gasteiger partial charge >= 0.3 is 0 Å². The first kappa shape index (κ1) is 19.0. The van der Waals surface area contributed by atoms with Gasteiger partial charge in [0.2, 0.25) is 5.91 Å². The van der Waals surface area contributed by atoms with Crippen LogP contribution in [0.25, 0.3) is 16.7 Å². The number of thioether (sulfide) groups is 1. The third-order valence-corrected chi connectivity index (χ3v) is 6.22. The number of carbonyl (C=O) groups excluding carboxylic acids is 1. The van der Waals surface area contributed by atoms with Gasteiger partial charge in [0.25, 0.3) is 5.56 Å². The molecule has 0 saturated carbocycles. The van der Waals surface area contributed by atoms with E-state index in [9.17, 15) is 9.59 Å². The molecule has 1 aliphatic heterocycles. The molecule has 0 fully saturated rings. The van der Waals surface area contributed by atoms with Gasteiger partial charge in [-0.1, -0.05) is 29.4 Å². The minimum Gasteiger partial charge on any atom is -0.467 e. The molecule has 152 valence electrons. The summed E-state index contributed by atoms with van der Waals surface area (Å²) in [7, 11) is 0. The van der Waals surface area contributed by atoms with Gasteiger partial charge < -0.3 is 9.73 Å². The molecular weight excluding hydrogens is 426 g/mol. The molecule has 0 bridgehead atoms. The Bertz CT molecular complexity index is 1300. The number of rotatable bonds is 5. The highest BCUT2D eigenvalue weighted by molar-refractivity contribution is 7.99. The Kier molecular flexibility index (Phi) is 4.84. The van der Waals surface area contributed by atoms with Crippen molar-refractivity contribution < 1.29 is 9.21 Å². The highest BCUT2D eigenvalue weighted by Crippen LogP contribution is 2.33. The minimum atomic E-state index is -0.263. The standard InChI is InChI=1S/C20H16ClN5O3S/c21-12-3-1-4-13(7-12)26-18-16(10-23-26)19(28)25-14(11-30-20(25)24-18)8-17(27)22-9-15-5-2-6-29-15/h1-7,10,14H,8-9,11H2,(H,22,27)/t14-/m1/s1. The van der Waals surface area contributed by atoms with E-state index < -0.39 is 0 Å². The number of nitrogens with zero attached hydrogens (tertiary/aromatic N) is 4. The van der Waals surface area contributed by atoms with Gasteiger partial charge in [0.15, 0.2) is 10.8 Å². The predicted octanol–water partition coefficient (Wildman–Crippen LogP) is 3.18. The first-order valence-corrected chi connectivity index (χ1v) is 10.6. The lowest BCUT2D eigenvalue weighted by molar-refractivity contribution is -0.122. The number of aromatic nitrogens is 4. The largest absolute Gasteiger partial charge is 0.467 e. The SMILES string of the molecule is O=C(C[C@@H]1CSc2nc3c(cnn3-c3cccc(Cl)c3)c(=O)n21)NCc1ccco1. The van der Waals surface area contributed by atoms with E-state index in [1.54, 1.807) is 39.8 Å². The number of hydrogen-bond donors (Lipinski definition) is 1. The van der Waals surface area contributed by atoms with Crippen molar-refractivity contribution in [2.75, 3.05) is 5.75 Å². The Labute approximate surface area is 179 Å². The first-order chi connectivity index (χ1) is 14.6. The summed E-state index contributed by atoms with van der Waals surface area (Å²) in [6, 6.07) is 10.5. The van der Waals surface area contributed by atoms with E-state index in [1.807, 2.05) is 12.1 Å². The van der Waals surface area contributed by atoms with Gasteiger partial charge in [-0.3, -0.25) is 14.2 Å². The summed E-state index contributed by atoms with van der Waals surface area (Å²) < 4.78 is 8.43. The van der Waals surface area contributed by atoms with Crippen molar-refractivity contribution in [2.24, 2.45) is 0 Å². The number of carbonyl (C=O) groups is 1. The van der Waals surface area contributed by atoms with Gasteiger partial charge in [0, 0.05) is 17.2 Å². The van der Waals surface area contributed by atoms with Crippen molar-refractivity contribution in [1.29, 1.82) is 0 Å². The van der Waals surface area contributed by atoms with Crippen LogP contribution < -0.4 is 10.9 Å². The molecule has 4 heterocycles. The number of fused-ring (bicyclic) bond motifs is 2. The smallest absolute Gasteiger partial charge is 0.265 e. The second-order valence-electron chi connectivity index (χ2n) is 6.87. The summed E-state index contributed by atoms with van der Waals surface area (Å²) in [6.07, 6.45) is 3.26. The molecule has 3 aromatic heterocycles. The molecule has 1 amide bonds. The third kappa shape index (κ3) is 3.40. The lowest BCUT2D eigenvalue weighted by Crippen LogP contribution is -2.30. The molecule has 1 aromatic carbocycles. The zero-order valence-corrected chi connectivity index (χ0v) is 17.2. The molecule has 8 nitrogen and oxygen atoms in total. The van der Waals surface area contributed by atoms with Gasteiger partial charge in [-0.05, 0) is 30.3 Å². The molecule has 0 saturated heterocycles. The Balaban J connectivity index is 1.43. The number of benzene rings is 1. The maximum absolute atomic E-state index is 13.2. The van der Waals surface area contributed by atoms with Crippen molar-refractivity contribution in [1.82, 2.24) is 24.6 Å². The Morgan fingerprint density at radius 3 is 3.03 bits per heavy atom. The maximum atomic E-state index is 13.2.